The van der Waals surface area contributed by atoms with E-state index < -0.39 is 92.6 Å². The van der Waals surface area contributed by atoms with Crippen molar-refractivity contribution in [1.82, 2.24) is 0 Å². The van der Waals surface area contributed by atoms with Crippen LogP contribution in [0, 0.1) is 5.92 Å². The maximum Gasteiger partial charge on any atom is 0.189 e. The third kappa shape index (κ3) is 9.63. The van der Waals surface area contributed by atoms with Crippen LogP contribution in [-0.4, -0.2) is 159 Å². The molecule has 0 aliphatic carbocycles. The van der Waals surface area contributed by atoms with Crippen LogP contribution in [0.3, 0.4) is 0 Å². The van der Waals surface area contributed by atoms with Crippen molar-refractivity contribution in [2.45, 2.75) is 81.3 Å². The molecule has 8 unspecified atom stereocenters. The fourth-order valence-corrected chi connectivity index (χ4v) is 3.65. The van der Waals surface area contributed by atoms with Crippen molar-refractivity contribution in [2.24, 2.45) is 10.9 Å². The highest BCUT2D eigenvalue weighted by atomic mass is 16.6. The van der Waals surface area contributed by atoms with Crippen LogP contribution in [0.4, 0.5) is 0 Å². The Hall–Kier alpha value is -1.14. The molecule has 0 amide bonds. The zero-order valence-electron chi connectivity index (χ0n) is 20.5. The topological polar surface area (TPSA) is 239 Å². The molecule has 0 spiro atoms. The van der Waals surface area contributed by atoms with E-state index in [0.29, 0.717) is 6.42 Å². The van der Waals surface area contributed by atoms with E-state index in [-0.39, 0.29) is 19.8 Å². The summed E-state index contributed by atoms with van der Waals surface area (Å²) in [6.45, 7) is 1.00. The Bertz CT molecular complexity index is 649. The molecule has 0 saturated carbocycles. The highest BCUT2D eigenvalue weighted by Crippen LogP contribution is 2.22. The van der Waals surface area contributed by atoms with Crippen molar-refractivity contribution in [2.75, 3.05) is 39.6 Å². The molecule has 0 bridgehead atoms. The van der Waals surface area contributed by atoms with Crippen LogP contribution < -0.4 is 0 Å². The van der Waals surface area contributed by atoms with E-state index in [2.05, 4.69) is 4.99 Å². The van der Waals surface area contributed by atoms with Crippen LogP contribution in [-0.2, 0) is 19.0 Å². The minimum absolute atomic E-state index is 0.0151. The number of hydrogen-bond donors (Lipinski definition) is 9. The number of aliphatic hydroxyl groups excluding tert-OH is 9. The summed E-state index contributed by atoms with van der Waals surface area (Å²) in [6.07, 6.45) is -12.2. The Morgan fingerprint density at radius 3 is 2.25 bits per heavy atom. The molecular formula is C22H41NO13. The van der Waals surface area contributed by atoms with Gasteiger partial charge in [0.25, 0.3) is 0 Å². The summed E-state index contributed by atoms with van der Waals surface area (Å²) >= 11 is 0. The normalized spacial score (nSPS) is 30.0. The first-order valence-corrected chi connectivity index (χ1v) is 11.9. The molecule has 1 saturated heterocycles. The molecule has 212 valence electrons. The number of rotatable bonds is 17. The van der Waals surface area contributed by atoms with E-state index in [9.17, 15) is 50.8 Å². The molecule has 11 atom stereocenters. The smallest absolute Gasteiger partial charge is 0.189 e. The predicted octanol–water partition coefficient (Wildman–Crippen LogP) is -4.65. The van der Waals surface area contributed by atoms with Crippen LogP contribution >= 0.6 is 0 Å². The number of nitrogens with zero attached hydrogens (tertiary/aromatic N) is 1. The Labute approximate surface area is 209 Å². The lowest BCUT2D eigenvalue weighted by Crippen LogP contribution is -2.59. The zero-order valence-corrected chi connectivity index (χ0v) is 20.5. The van der Waals surface area contributed by atoms with Gasteiger partial charge in [0, 0.05) is 12.1 Å². The second-order valence-corrected chi connectivity index (χ2v) is 8.70. The summed E-state index contributed by atoms with van der Waals surface area (Å²) in [4.78, 5) is 15.7. The number of Topliss-reactive ketones (excluding diaryl/α,β-unsaturated/α-hetero) is 1. The van der Waals surface area contributed by atoms with Crippen LogP contribution in [0.15, 0.2) is 4.99 Å². The zero-order chi connectivity index (χ0) is 27.4. The van der Waals surface area contributed by atoms with Crippen molar-refractivity contribution >= 4 is 12.0 Å². The average Bonchev–Trinajstić information content (AvgIpc) is 2.87. The summed E-state index contributed by atoms with van der Waals surface area (Å²) in [5, 5.41) is 88.4. The molecule has 1 heterocycles. The lowest BCUT2D eigenvalue weighted by Gasteiger charge is -2.40. The van der Waals surface area contributed by atoms with E-state index in [1.165, 1.54) is 6.92 Å². The summed E-state index contributed by atoms with van der Waals surface area (Å²) in [5.74, 6) is -1.65. The second kappa shape index (κ2) is 16.7. The lowest BCUT2D eigenvalue weighted by molar-refractivity contribution is -0.240. The van der Waals surface area contributed by atoms with Gasteiger partial charge in [-0.3, -0.25) is 9.79 Å². The van der Waals surface area contributed by atoms with Gasteiger partial charge in [-0.1, -0.05) is 6.92 Å². The van der Waals surface area contributed by atoms with E-state index in [0.717, 1.165) is 6.21 Å². The SMILES string of the molecule is CCC(OCCN=CC(O)C(O)[C@H](COC[C@H]1OC(CO)[C@H](O)C(O)C1O)C(O)CO)C(=O)C(C)O. The molecule has 1 aliphatic rings. The summed E-state index contributed by atoms with van der Waals surface area (Å²) in [7, 11) is 0. The van der Waals surface area contributed by atoms with Gasteiger partial charge in [0.2, 0.25) is 0 Å². The summed E-state index contributed by atoms with van der Waals surface area (Å²) in [5.41, 5.74) is 0. The molecule has 0 aromatic rings. The number of carbonyl (C=O) groups excluding carboxylic acids is 1. The molecule has 36 heavy (non-hydrogen) atoms. The van der Waals surface area contributed by atoms with Crippen LogP contribution in [0.5, 0.6) is 0 Å². The van der Waals surface area contributed by atoms with Crippen LogP contribution in [0.2, 0.25) is 0 Å². The largest absolute Gasteiger partial charge is 0.394 e. The first-order valence-electron chi connectivity index (χ1n) is 11.9. The Kier molecular flexibility index (Phi) is 15.2. The number of aliphatic hydroxyl groups is 9. The van der Waals surface area contributed by atoms with Gasteiger partial charge in [0.15, 0.2) is 5.78 Å². The molecule has 14 heteroatoms. The molecule has 14 nitrogen and oxygen atoms in total. The molecule has 1 fully saturated rings. The van der Waals surface area contributed by atoms with Crippen molar-refractivity contribution in [3.63, 3.8) is 0 Å². The summed E-state index contributed by atoms with van der Waals surface area (Å²) in [6, 6.07) is 0. The monoisotopic (exact) mass is 527 g/mol. The third-order valence-electron chi connectivity index (χ3n) is 5.95. The number of hydrogen-bond acceptors (Lipinski definition) is 14. The number of ether oxygens (including phenoxy) is 3. The van der Waals surface area contributed by atoms with Gasteiger partial charge < -0.3 is 60.2 Å². The van der Waals surface area contributed by atoms with Gasteiger partial charge in [0.05, 0.1) is 51.8 Å². The Morgan fingerprint density at radius 1 is 1.06 bits per heavy atom. The van der Waals surface area contributed by atoms with E-state index in [1.807, 2.05) is 0 Å². The second-order valence-electron chi connectivity index (χ2n) is 8.70. The fraction of sp³-hybridized carbons (Fsp3) is 0.909. The number of ketones is 1. The van der Waals surface area contributed by atoms with Gasteiger partial charge in [0.1, 0.15) is 48.8 Å². The van der Waals surface area contributed by atoms with Gasteiger partial charge in [-0.25, -0.2) is 0 Å². The molecule has 0 aromatic heterocycles. The first kappa shape index (κ1) is 32.9. The Balaban J connectivity index is 2.60. The van der Waals surface area contributed by atoms with Crippen LogP contribution in [0.25, 0.3) is 0 Å². The van der Waals surface area contributed by atoms with Crippen molar-refractivity contribution in [3.05, 3.63) is 0 Å². The number of carbonyl (C=O) groups is 1. The molecule has 1 rings (SSSR count). The summed E-state index contributed by atoms with van der Waals surface area (Å²) < 4.78 is 16.1. The highest BCUT2D eigenvalue weighted by Gasteiger charge is 2.43. The maximum atomic E-state index is 11.8. The van der Waals surface area contributed by atoms with E-state index >= 15 is 0 Å². The van der Waals surface area contributed by atoms with Gasteiger partial charge in [-0.2, -0.15) is 0 Å². The average molecular weight is 528 g/mol. The van der Waals surface area contributed by atoms with E-state index in [4.69, 9.17) is 14.2 Å². The predicted molar refractivity (Wildman–Crippen MR) is 123 cm³/mol. The molecule has 9 N–H and O–H groups in total. The Morgan fingerprint density at radius 2 is 1.69 bits per heavy atom. The first-order chi connectivity index (χ1) is 17.0. The quantitative estimate of drug-likeness (QED) is 0.0639. The van der Waals surface area contributed by atoms with Gasteiger partial charge in [-0.15, -0.1) is 0 Å². The standard InChI is InChI=1S/C22H41NO13/c1-3-15(18(29)11(2)26)35-5-4-23-6-13(27)19(30)12(14(28)7-24)9-34-10-17-21(32)22(33)20(31)16(8-25)36-17/h6,11-17,19-22,24-28,30-33H,3-5,7-10H2,1-2H3/t11?,12-,13?,14?,15?,16?,17-,19?,20+,21?,22?/m1/s1. The molecular weight excluding hydrogens is 486 g/mol. The highest BCUT2D eigenvalue weighted by molar-refractivity contribution is 5.86. The molecule has 1 aliphatic heterocycles. The van der Waals surface area contributed by atoms with Gasteiger partial charge in [-0.05, 0) is 13.3 Å². The van der Waals surface area contributed by atoms with Crippen molar-refractivity contribution in [1.29, 1.82) is 0 Å². The van der Waals surface area contributed by atoms with Crippen molar-refractivity contribution in [3.8, 4) is 0 Å². The van der Waals surface area contributed by atoms with Crippen LogP contribution in [0.1, 0.15) is 20.3 Å². The number of aliphatic imine (C=N–C) groups is 1. The minimum atomic E-state index is -1.62. The molecule has 0 aromatic carbocycles. The van der Waals surface area contributed by atoms with Crippen molar-refractivity contribution < 1.29 is 65.0 Å². The van der Waals surface area contributed by atoms with Gasteiger partial charge >= 0.3 is 0 Å². The third-order valence-corrected chi connectivity index (χ3v) is 5.95. The minimum Gasteiger partial charge on any atom is -0.394 e. The fourth-order valence-electron chi connectivity index (χ4n) is 3.65. The van der Waals surface area contributed by atoms with E-state index in [1.54, 1.807) is 6.92 Å². The lowest BCUT2D eigenvalue weighted by atomic mass is 9.93. The molecule has 0 radical (unpaired) electrons. The maximum absolute atomic E-state index is 11.8.